The summed E-state index contributed by atoms with van der Waals surface area (Å²) in [6, 6.07) is 7.39. The molecular weight excluding hydrogens is 244 g/mol. The summed E-state index contributed by atoms with van der Waals surface area (Å²) in [5, 5.41) is 5.49. The first-order valence-electron chi connectivity index (χ1n) is 6.39. The molecule has 2 amide bonds. The number of hydrogen-bond acceptors (Lipinski definition) is 3. The largest absolute Gasteiger partial charge is 0.497 e. The monoisotopic (exact) mass is 262 g/mol. The molecule has 1 unspecified atom stereocenters. The van der Waals surface area contributed by atoms with Crippen molar-refractivity contribution in [1.82, 2.24) is 10.6 Å². The van der Waals surface area contributed by atoms with Crippen molar-refractivity contribution in [3.63, 3.8) is 0 Å². The summed E-state index contributed by atoms with van der Waals surface area (Å²) in [6.07, 6.45) is 1.79. The second kappa shape index (κ2) is 6.22. The van der Waals surface area contributed by atoms with Crippen LogP contribution in [-0.2, 0) is 16.0 Å². The molecular formula is C14H18N2O3. The molecule has 102 valence electrons. The van der Waals surface area contributed by atoms with Crippen molar-refractivity contribution >= 4 is 11.8 Å². The number of ether oxygens (including phenoxy) is 1. The Bertz CT molecular complexity index is 456. The maximum absolute atomic E-state index is 11.7. The van der Waals surface area contributed by atoms with E-state index in [9.17, 15) is 9.59 Å². The summed E-state index contributed by atoms with van der Waals surface area (Å²) in [6.45, 7) is 0.567. The molecule has 1 heterocycles. The van der Waals surface area contributed by atoms with Gasteiger partial charge in [0.2, 0.25) is 11.8 Å². The predicted molar refractivity (Wildman–Crippen MR) is 70.9 cm³/mol. The first-order chi connectivity index (χ1) is 9.19. The molecule has 2 N–H and O–H groups in total. The molecule has 1 fully saturated rings. The summed E-state index contributed by atoms with van der Waals surface area (Å²) in [5.74, 6) is 0.677. The van der Waals surface area contributed by atoms with Crippen LogP contribution >= 0.6 is 0 Å². The van der Waals surface area contributed by atoms with E-state index in [4.69, 9.17) is 4.74 Å². The Labute approximate surface area is 112 Å². The minimum absolute atomic E-state index is 0.0460. The number of nitrogens with one attached hydrogen (secondary N) is 2. The van der Waals surface area contributed by atoms with Crippen molar-refractivity contribution < 1.29 is 14.3 Å². The summed E-state index contributed by atoms with van der Waals surface area (Å²) >= 11 is 0. The molecule has 0 saturated carbocycles. The Hall–Kier alpha value is -2.04. The van der Waals surface area contributed by atoms with Crippen LogP contribution in [0.3, 0.4) is 0 Å². The normalized spacial score (nSPS) is 17.9. The predicted octanol–water partition coefficient (Wildman–Crippen LogP) is 0.632. The molecule has 1 aromatic rings. The van der Waals surface area contributed by atoms with Crippen LogP contribution in [0, 0.1) is 0 Å². The smallest absolute Gasteiger partial charge is 0.242 e. The van der Waals surface area contributed by atoms with Crippen LogP contribution in [0.1, 0.15) is 18.4 Å². The summed E-state index contributed by atoms with van der Waals surface area (Å²) < 4.78 is 5.08. The molecule has 1 aromatic carbocycles. The zero-order valence-corrected chi connectivity index (χ0v) is 10.9. The Morgan fingerprint density at radius 2 is 2.16 bits per heavy atom. The van der Waals surface area contributed by atoms with Crippen molar-refractivity contribution in [2.24, 2.45) is 0 Å². The lowest BCUT2D eigenvalue weighted by molar-refractivity contribution is -0.125. The molecule has 1 saturated heterocycles. The number of hydrogen-bond donors (Lipinski definition) is 2. The van der Waals surface area contributed by atoms with Gasteiger partial charge in [-0.15, -0.1) is 0 Å². The molecule has 0 spiro atoms. The van der Waals surface area contributed by atoms with Crippen molar-refractivity contribution in [2.45, 2.75) is 25.3 Å². The molecule has 5 nitrogen and oxygen atoms in total. The molecule has 5 heteroatoms. The van der Waals surface area contributed by atoms with Crippen molar-refractivity contribution in [3.05, 3.63) is 29.8 Å². The van der Waals surface area contributed by atoms with Crippen molar-refractivity contribution in [1.29, 1.82) is 0 Å². The van der Waals surface area contributed by atoms with Gasteiger partial charge in [-0.2, -0.15) is 0 Å². The summed E-state index contributed by atoms with van der Waals surface area (Å²) in [5.41, 5.74) is 1.14. The second-order valence-corrected chi connectivity index (χ2v) is 4.55. The fourth-order valence-electron chi connectivity index (χ4n) is 2.06. The number of benzene rings is 1. The van der Waals surface area contributed by atoms with Gasteiger partial charge in [0.1, 0.15) is 11.8 Å². The number of methoxy groups -OCH3 is 1. The van der Waals surface area contributed by atoms with E-state index in [1.54, 1.807) is 7.11 Å². The zero-order chi connectivity index (χ0) is 13.7. The van der Waals surface area contributed by atoms with Gasteiger partial charge in [-0.05, 0) is 30.5 Å². The van der Waals surface area contributed by atoms with E-state index in [1.807, 2.05) is 24.3 Å². The van der Waals surface area contributed by atoms with Gasteiger partial charge in [0.25, 0.3) is 0 Å². The minimum atomic E-state index is -0.358. The van der Waals surface area contributed by atoms with Crippen molar-refractivity contribution in [3.8, 4) is 5.75 Å². The Kier molecular flexibility index (Phi) is 4.39. The molecule has 0 aromatic heterocycles. The van der Waals surface area contributed by atoms with Crippen molar-refractivity contribution in [2.75, 3.05) is 13.7 Å². The number of carbonyl (C=O) groups excluding carboxylic acids is 2. The van der Waals surface area contributed by atoms with E-state index in [0.717, 1.165) is 17.7 Å². The third kappa shape index (κ3) is 3.71. The van der Waals surface area contributed by atoms with E-state index in [2.05, 4.69) is 10.6 Å². The lowest BCUT2D eigenvalue weighted by atomic mass is 10.1. The van der Waals surface area contributed by atoms with Gasteiger partial charge >= 0.3 is 0 Å². The second-order valence-electron chi connectivity index (χ2n) is 4.55. The zero-order valence-electron chi connectivity index (χ0n) is 10.9. The standard InChI is InChI=1S/C14H18N2O3/c1-19-11-4-2-10(3-5-11)8-9-15-14(18)12-6-7-13(17)16-12/h2-5,12H,6-9H2,1H3,(H,15,18)(H,16,17). The van der Waals surface area contributed by atoms with E-state index >= 15 is 0 Å². The van der Waals surface area contributed by atoms with Gasteiger partial charge in [-0.1, -0.05) is 12.1 Å². The maximum atomic E-state index is 11.7. The van der Waals surface area contributed by atoms with Crippen LogP contribution < -0.4 is 15.4 Å². The summed E-state index contributed by atoms with van der Waals surface area (Å²) in [7, 11) is 1.63. The summed E-state index contributed by atoms with van der Waals surface area (Å²) in [4.78, 5) is 22.7. The van der Waals surface area contributed by atoms with E-state index in [0.29, 0.717) is 19.4 Å². The topological polar surface area (TPSA) is 67.4 Å². The third-order valence-corrected chi connectivity index (χ3v) is 3.18. The number of carbonyl (C=O) groups is 2. The lowest BCUT2D eigenvalue weighted by Gasteiger charge is -2.10. The highest BCUT2D eigenvalue weighted by Crippen LogP contribution is 2.11. The third-order valence-electron chi connectivity index (χ3n) is 3.18. The quantitative estimate of drug-likeness (QED) is 0.818. The van der Waals surface area contributed by atoms with Gasteiger partial charge < -0.3 is 15.4 Å². The van der Waals surface area contributed by atoms with Gasteiger partial charge in [0.15, 0.2) is 0 Å². The average Bonchev–Trinajstić information content (AvgIpc) is 2.86. The molecule has 1 aliphatic heterocycles. The highest BCUT2D eigenvalue weighted by molar-refractivity contribution is 5.90. The number of amides is 2. The molecule has 19 heavy (non-hydrogen) atoms. The lowest BCUT2D eigenvalue weighted by Crippen LogP contribution is -2.42. The van der Waals surface area contributed by atoms with E-state index < -0.39 is 0 Å². The van der Waals surface area contributed by atoms with Crippen LogP contribution in [0.5, 0.6) is 5.75 Å². The Morgan fingerprint density at radius 3 is 2.74 bits per heavy atom. The number of rotatable bonds is 5. The van der Waals surface area contributed by atoms with E-state index in [1.165, 1.54) is 0 Å². The highest BCUT2D eigenvalue weighted by atomic mass is 16.5. The highest BCUT2D eigenvalue weighted by Gasteiger charge is 2.26. The van der Waals surface area contributed by atoms with Gasteiger partial charge in [0.05, 0.1) is 7.11 Å². The fraction of sp³-hybridized carbons (Fsp3) is 0.429. The van der Waals surface area contributed by atoms with Crippen LogP contribution in [0.2, 0.25) is 0 Å². The molecule has 0 radical (unpaired) electrons. The first-order valence-corrected chi connectivity index (χ1v) is 6.39. The van der Waals surface area contributed by atoms with Crippen LogP contribution in [0.4, 0.5) is 0 Å². The van der Waals surface area contributed by atoms with Gasteiger partial charge in [-0.25, -0.2) is 0 Å². The average molecular weight is 262 g/mol. The Balaban J connectivity index is 1.73. The Morgan fingerprint density at radius 1 is 1.42 bits per heavy atom. The SMILES string of the molecule is COc1ccc(CCNC(=O)C2CCC(=O)N2)cc1. The van der Waals surface area contributed by atoms with Gasteiger partial charge in [-0.3, -0.25) is 9.59 Å². The molecule has 0 aliphatic carbocycles. The maximum Gasteiger partial charge on any atom is 0.242 e. The van der Waals surface area contributed by atoms with Crippen LogP contribution in [0.25, 0.3) is 0 Å². The molecule has 0 bridgehead atoms. The van der Waals surface area contributed by atoms with E-state index in [-0.39, 0.29) is 17.9 Å². The van der Waals surface area contributed by atoms with Crippen LogP contribution in [0.15, 0.2) is 24.3 Å². The minimum Gasteiger partial charge on any atom is -0.497 e. The fourth-order valence-corrected chi connectivity index (χ4v) is 2.06. The molecule has 2 rings (SSSR count). The molecule has 1 aliphatic rings. The first kappa shape index (κ1) is 13.4. The molecule has 1 atom stereocenters. The van der Waals surface area contributed by atoms with Crippen LogP contribution in [-0.4, -0.2) is 31.5 Å². The van der Waals surface area contributed by atoms with Gasteiger partial charge in [0, 0.05) is 13.0 Å².